The number of carbonyl (C=O) groups excluding carboxylic acids is 1. The zero-order valence-corrected chi connectivity index (χ0v) is 9.80. The molecule has 0 saturated carbocycles. The number of anilines is 2. The molecule has 0 spiro atoms. The summed E-state index contributed by atoms with van der Waals surface area (Å²) < 4.78 is 0. The van der Waals surface area contributed by atoms with E-state index in [2.05, 4.69) is 10.3 Å². The SMILES string of the molecule is CCCNC(=O)CN(C)c1ncc(N)s1. The van der Waals surface area contributed by atoms with Crippen LogP contribution in [0.4, 0.5) is 10.1 Å². The lowest BCUT2D eigenvalue weighted by atomic mass is 10.4. The number of amides is 1. The molecule has 6 heteroatoms. The molecule has 0 fully saturated rings. The number of aromatic nitrogens is 1. The van der Waals surface area contributed by atoms with Gasteiger partial charge in [0.1, 0.15) is 5.00 Å². The number of nitrogen functional groups attached to an aromatic ring is 1. The van der Waals surface area contributed by atoms with E-state index in [0.717, 1.165) is 11.6 Å². The second kappa shape index (κ2) is 5.55. The number of nitrogens with two attached hydrogens (primary N) is 1. The number of nitrogens with zero attached hydrogens (tertiary/aromatic N) is 2. The van der Waals surface area contributed by atoms with Crippen molar-refractivity contribution in [1.29, 1.82) is 0 Å². The van der Waals surface area contributed by atoms with Crippen LogP contribution >= 0.6 is 11.3 Å². The van der Waals surface area contributed by atoms with Gasteiger partial charge in [-0.2, -0.15) is 0 Å². The smallest absolute Gasteiger partial charge is 0.239 e. The largest absolute Gasteiger partial charge is 0.389 e. The first kappa shape index (κ1) is 11.8. The number of nitrogens with one attached hydrogen (secondary N) is 1. The average Bonchev–Trinajstić information content (AvgIpc) is 2.61. The third-order valence-electron chi connectivity index (χ3n) is 1.79. The number of hydrogen-bond donors (Lipinski definition) is 2. The molecule has 0 aliphatic rings. The maximum absolute atomic E-state index is 11.4. The average molecular weight is 228 g/mol. The normalized spacial score (nSPS) is 10.0. The molecule has 1 rings (SSSR count). The van der Waals surface area contributed by atoms with E-state index in [9.17, 15) is 4.79 Å². The van der Waals surface area contributed by atoms with E-state index in [1.54, 1.807) is 11.1 Å². The highest BCUT2D eigenvalue weighted by Crippen LogP contribution is 2.22. The first-order valence-electron chi connectivity index (χ1n) is 4.82. The fourth-order valence-corrected chi connectivity index (χ4v) is 1.70. The Hall–Kier alpha value is -1.30. The summed E-state index contributed by atoms with van der Waals surface area (Å²) in [5, 5.41) is 4.23. The van der Waals surface area contributed by atoms with Crippen molar-refractivity contribution in [2.75, 3.05) is 30.8 Å². The minimum Gasteiger partial charge on any atom is -0.389 e. The summed E-state index contributed by atoms with van der Waals surface area (Å²) >= 11 is 1.37. The van der Waals surface area contributed by atoms with E-state index in [1.807, 2.05) is 14.0 Å². The number of likely N-dealkylation sites (N-methyl/N-ethyl adjacent to an activating group) is 1. The molecule has 0 atom stereocenters. The van der Waals surface area contributed by atoms with Crippen LogP contribution in [0.1, 0.15) is 13.3 Å². The second-order valence-electron chi connectivity index (χ2n) is 3.25. The van der Waals surface area contributed by atoms with E-state index in [4.69, 9.17) is 5.73 Å². The third kappa shape index (κ3) is 3.75. The Labute approximate surface area is 93.3 Å². The quantitative estimate of drug-likeness (QED) is 0.777. The van der Waals surface area contributed by atoms with Crippen molar-refractivity contribution in [2.24, 2.45) is 0 Å². The van der Waals surface area contributed by atoms with Crippen molar-refractivity contribution in [3.63, 3.8) is 0 Å². The van der Waals surface area contributed by atoms with Gasteiger partial charge in [-0.1, -0.05) is 18.3 Å². The molecule has 1 aromatic heterocycles. The Morgan fingerprint density at radius 2 is 2.47 bits per heavy atom. The molecule has 84 valence electrons. The van der Waals surface area contributed by atoms with Gasteiger partial charge in [0.05, 0.1) is 12.7 Å². The summed E-state index contributed by atoms with van der Waals surface area (Å²) in [6, 6.07) is 0. The van der Waals surface area contributed by atoms with Gasteiger partial charge in [0.25, 0.3) is 0 Å². The van der Waals surface area contributed by atoms with E-state index < -0.39 is 0 Å². The fourth-order valence-electron chi connectivity index (χ4n) is 1.06. The summed E-state index contributed by atoms with van der Waals surface area (Å²) in [6.07, 6.45) is 2.54. The summed E-state index contributed by atoms with van der Waals surface area (Å²) in [4.78, 5) is 17.3. The molecule has 0 aliphatic heterocycles. The molecule has 1 amide bonds. The Morgan fingerprint density at radius 1 is 1.73 bits per heavy atom. The van der Waals surface area contributed by atoms with Gasteiger partial charge in [0.2, 0.25) is 5.91 Å². The standard InChI is InChI=1S/C9H16N4OS/c1-3-4-11-8(14)6-13(2)9-12-5-7(10)15-9/h5H,3-4,6,10H2,1-2H3,(H,11,14). The summed E-state index contributed by atoms with van der Waals surface area (Å²) in [5.74, 6) is 0.00752. The van der Waals surface area contributed by atoms with Crippen LogP contribution in [0.25, 0.3) is 0 Å². The predicted molar refractivity (Wildman–Crippen MR) is 63.1 cm³/mol. The van der Waals surface area contributed by atoms with Crippen LogP contribution < -0.4 is 16.0 Å². The van der Waals surface area contributed by atoms with Crippen LogP contribution in [-0.4, -0.2) is 31.0 Å². The van der Waals surface area contributed by atoms with Crippen molar-refractivity contribution in [3.05, 3.63) is 6.20 Å². The topological polar surface area (TPSA) is 71.2 Å². The maximum Gasteiger partial charge on any atom is 0.239 e. The second-order valence-corrected chi connectivity index (χ2v) is 4.29. The first-order valence-corrected chi connectivity index (χ1v) is 5.64. The molecule has 15 heavy (non-hydrogen) atoms. The summed E-state index contributed by atoms with van der Waals surface area (Å²) in [6.45, 7) is 3.05. The van der Waals surface area contributed by atoms with E-state index in [0.29, 0.717) is 18.1 Å². The Morgan fingerprint density at radius 3 is 3.00 bits per heavy atom. The van der Waals surface area contributed by atoms with Crippen molar-refractivity contribution >= 4 is 27.4 Å². The first-order chi connectivity index (χ1) is 7.13. The minimum absolute atomic E-state index is 0.00752. The molecule has 3 N–H and O–H groups in total. The lowest BCUT2D eigenvalue weighted by molar-refractivity contribution is -0.119. The Balaban J connectivity index is 2.41. The number of carbonyl (C=O) groups is 1. The van der Waals surface area contributed by atoms with Crippen LogP contribution in [-0.2, 0) is 4.79 Å². The zero-order valence-electron chi connectivity index (χ0n) is 8.99. The lowest BCUT2D eigenvalue weighted by Crippen LogP contribution is -2.35. The molecule has 1 heterocycles. The van der Waals surface area contributed by atoms with Crippen LogP contribution in [0.3, 0.4) is 0 Å². The Kier molecular flexibility index (Phi) is 4.36. The molecule has 1 aromatic rings. The van der Waals surface area contributed by atoms with Gasteiger partial charge in [-0.3, -0.25) is 4.79 Å². The number of hydrogen-bond acceptors (Lipinski definition) is 5. The maximum atomic E-state index is 11.4. The van der Waals surface area contributed by atoms with Crippen LogP contribution in [0.2, 0.25) is 0 Å². The molecular weight excluding hydrogens is 212 g/mol. The fraction of sp³-hybridized carbons (Fsp3) is 0.556. The summed E-state index contributed by atoms with van der Waals surface area (Å²) in [5.41, 5.74) is 5.56. The van der Waals surface area contributed by atoms with Gasteiger partial charge in [-0.05, 0) is 6.42 Å². The molecule has 0 unspecified atom stereocenters. The zero-order chi connectivity index (χ0) is 11.3. The highest BCUT2D eigenvalue weighted by Gasteiger charge is 2.09. The minimum atomic E-state index is 0.00752. The van der Waals surface area contributed by atoms with Crippen molar-refractivity contribution in [3.8, 4) is 0 Å². The Bertz CT molecular complexity index is 326. The highest BCUT2D eigenvalue weighted by atomic mass is 32.1. The third-order valence-corrected chi connectivity index (χ3v) is 2.73. The van der Waals surface area contributed by atoms with Gasteiger partial charge in [0.15, 0.2) is 5.13 Å². The van der Waals surface area contributed by atoms with Crippen molar-refractivity contribution < 1.29 is 4.79 Å². The molecule has 5 nitrogen and oxygen atoms in total. The molecule has 0 aromatic carbocycles. The molecule has 0 aliphatic carbocycles. The van der Waals surface area contributed by atoms with Crippen molar-refractivity contribution in [1.82, 2.24) is 10.3 Å². The van der Waals surface area contributed by atoms with Crippen LogP contribution in [0, 0.1) is 0 Å². The molecule has 0 bridgehead atoms. The van der Waals surface area contributed by atoms with Gasteiger partial charge in [-0.15, -0.1) is 0 Å². The number of thiazole rings is 1. The lowest BCUT2D eigenvalue weighted by Gasteiger charge is -2.14. The van der Waals surface area contributed by atoms with Gasteiger partial charge < -0.3 is 16.0 Å². The van der Waals surface area contributed by atoms with Crippen LogP contribution in [0.15, 0.2) is 6.20 Å². The van der Waals surface area contributed by atoms with Crippen LogP contribution in [0.5, 0.6) is 0 Å². The van der Waals surface area contributed by atoms with E-state index >= 15 is 0 Å². The highest BCUT2D eigenvalue weighted by molar-refractivity contribution is 7.19. The van der Waals surface area contributed by atoms with Gasteiger partial charge >= 0.3 is 0 Å². The molecule has 0 radical (unpaired) electrons. The van der Waals surface area contributed by atoms with Crippen molar-refractivity contribution in [2.45, 2.75) is 13.3 Å². The summed E-state index contributed by atoms with van der Waals surface area (Å²) in [7, 11) is 1.82. The monoisotopic (exact) mass is 228 g/mol. The molecule has 0 saturated heterocycles. The number of rotatable bonds is 5. The van der Waals surface area contributed by atoms with Gasteiger partial charge in [0, 0.05) is 13.6 Å². The predicted octanol–water partition coefficient (Wildman–Crippen LogP) is 0.688. The van der Waals surface area contributed by atoms with Gasteiger partial charge in [-0.25, -0.2) is 4.98 Å². The van der Waals surface area contributed by atoms with E-state index in [1.165, 1.54) is 11.3 Å². The van der Waals surface area contributed by atoms with E-state index in [-0.39, 0.29) is 5.91 Å². The molecular formula is C9H16N4OS.